The predicted octanol–water partition coefficient (Wildman–Crippen LogP) is 2.22. The van der Waals surface area contributed by atoms with E-state index in [-0.39, 0.29) is 0 Å². The summed E-state index contributed by atoms with van der Waals surface area (Å²) in [4.78, 5) is 12.6. The first-order valence-electron chi connectivity index (χ1n) is 5.98. The fourth-order valence-corrected chi connectivity index (χ4v) is 1.94. The number of hydrogen-bond donors (Lipinski definition) is 2. The number of nitrogen functional groups attached to an aromatic ring is 1. The SMILES string of the molecule is Nc1ccnc(NCc2cccc3cccnc23)n1. The molecule has 19 heavy (non-hydrogen) atoms. The first-order chi connectivity index (χ1) is 9.33. The zero-order chi connectivity index (χ0) is 13.1. The molecule has 0 unspecified atom stereocenters. The number of pyridine rings is 1. The van der Waals surface area contributed by atoms with E-state index in [0.717, 1.165) is 16.5 Å². The van der Waals surface area contributed by atoms with Gasteiger partial charge >= 0.3 is 0 Å². The molecule has 3 N–H and O–H groups in total. The molecule has 94 valence electrons. The van der Waals surface area contributed by atoms with Gasteiger partial charge in [0.2, 0.25) is 5.95 Å². The lowest BCUT2D eigenvalue weighted by molar-refractivity contribution is 1.06. The summed E-state index contributed by atoms with van der Waals surface area (Å²) in [5.41, 5.74) is 7.70. The first kappa shape index (κ1) is 11.4. The molecule has 0 saturated carbocycles. The lowest BCUT2D eigenvalue weighted by Crippen LogP contribution is -2.05. The Morgan fingerprint density at radius 3 is 2.79 bits per heavy atom. The van der Waals surface area contributed by atoms with E-state index in [1.807, 2.05) is 30.3 Å². The van der Waals surface area contributed by atoms with Crippen molar-refractivity contribution in [1.29, 1.82) is 0 Å². The highest BCUT2D eigenvalue weighted by Gasteiger charge is 2.02. The van der Waals surface area contributed by atoms with Crippen molar-refractivity contribution < 1.29 is 0 Å². The number of hydrogen-bond acceptors (Lipinski definition) is 5. The van der Waals surface area contributed by atoms with Crippen molar-refractivity contribution in [3.05, 3.63) is 54.4 Å². The maximum atomic E-state index is 5.61. The lowest BCUT2D eigenvalue weighted by Gasteiger charge is -2.07. The summed E-state index contributed by atoms with van der Waals surface area (Å²) in [6.45, 7) is 0.609. The van der Waals surface area contributed by atoms with Gasteiger partial charge in [0.1, 0.15) is 5.82 Å². The maximum absolute atomic E-state index is 5.61. The highest BCUT2D eigenvalue weighted by atomic mass is 15.1. The maximum Gasteiger partial charge on any atom is 0.224 e. The number of nitrogens with two attached hydrogens (primary N) is 1. The van der Waals surface area contributed by atoms with Gasteiger partial charge in [0.25, 0.3) is 0 Å². The Morgan fingerprint density at radius 2 is 1.89 bits per heavy atom. The average molecular weight is 251 g/mol. The molecule has 3 aromatic rings. The molecule has 0 saturated heterocycles. The van der Waals surface area contributed by atoms with Crippen molar-refractivity contribution in [3.8, 4) is 0 Å². The normalized spacial score (nSPS) is 10.5. The Hall–Kier alpha value is -2.69. The third-order valence-electron chi connectivity index (χ3n) is 2.83. The molecule has 1 aromatic carbocycles. The fraction of sp³-hybridized carbons (Fsp3) is 0.0714. The topological polar surface area (TPSA) is 76.7 Å². The number of nitrogens with zero attached hydrogens (tertiary/aromatic N) is 3. The van der Waals surface area contributed by atoms with Crippen LogP contribution < -0.4 is 11.1 Å². The van der Waals surface area contributed by atoms with Gasteiger partial charge in [-0.15, -0.1) is 0 Å². The van der Waals surface area contributed by atoms with Crippen molar-refractivity contribution in [2.75, 3.05) is 11.1 Å². The van der Waals surface area contributed by atoms with Gasteiger partial charge in [-0.3, -0.25) is 4.98 Å². The van der Waals surface area contributed by atoms with E-state index >= 15 is 0 Å². The third-order valence-corrected chi connectivity index (χ3v) is 2.83. The van der Waals surface area contributed by atoms with Crippen LogP contribution in [0, 0.1) is 0 Å². The van der Waals surface area contributed by atoms with Crippen LogP contribution in [0.3, 0.4) is 0 Å². The molecule has 0 bridgehead atoms. The van der Waals surface area contributed by atoms with Crippen molar-refractivity contribution in [2.24, 2.45) is 0 Å². The Labute approximate surface area is 110 Å². The molecule has 0 fully saturated rings. The van der Waals surface area contributed by atoms with E-state index in [1.54, 1.807) is 18.5 Å². The highest BCUT2D eigenvalue weighted by molar-refractivity contribution is 5.81. The van der Waals surface area contributed by atoms with Crippen LogP contribution in [0.5, 0.6) is 0 Å². The van der Waals surface area contributed by atoms with Crippen molar-refractivity contribution in [3.63, 3.8) is 0 Å². The Kier molecular flexibility index (Phi) is 2.94. The number of anilines is 2. The van der Waals surface area contributed by atoms with Crippen LogP contribution in [-0.2, 0) is 6.54 Å². The zero-order valence-corrected chi connectivity index (χ0v) is 10.2. The van der Waals surface area contributed by atoms with Crippen molar-refractivity contribution in [2.45, 2.75) is 6.54 Å². The van der Waals surface area contributed by atoms with Crippen LogP contribution in [0.15, 0.2) is 48.8 Å². The quantitative estimate of drug-likeness (QED) is 0.746. The number of aromatic nitrogens is 3. The monoisotopic (exact) mass is 251 g/mol. The van der Waals surface area contributed by atoms with E-state index in [2.05, 4.69) is 20.3 Å². The van der Waals surface area contributed by atoms with Gasteiger partial charge in [-0.2, -0.15) is 4.98 Å². The standard InChI is InChI=1S/C14H13N5/c15-12-6-8-17-14(19-12)18-9-11-4-1-3-10-5-2-7-16-13(10)11/h1-8H,9H2,(H3,15,17,18,19). The number of benzene rings is 1. The fourth-order valence-electron chi connectivity index (χ4n) is 1.94. The van der Waals surface area contributed by atoms with Gasteiger partial charge in [-0.05, 0) is 17.7 Å². The molecule has 0 atom stereocenters. The van der Waals surface area contributed by atoms with Crippen LogP contribution in [0.2, 0.25) is 0 Å². The second kappa shape index (κ2) is 4.89. The van der Waals surface area contributed by atoms with Crippen LogP contribution in [-0.4, -0.2) is 15.0 Å². The number of para-hydroxylation sites is 1. The predicted molar refractivity (Wildman–Crippen MR) is 75.5 cm³/mol. The second-order valence-corrected chi connectivity index (χ2v) is 4.15. The molecule has 0 amide bonds. The minimum atomic E-state index is 0.452. The Bertz CT molecular complexity index is 706. The van der Waals surface area contributed by atoms with Crippen molar-refractivity contribution >= 4 is 22.7 Å². The van der Waals surface area contributed by atoms with Gasteiger partial charge in [0.05, 0.1) is 5.52 Å². The summed E-state index contributed by atoms with van der Waals surface area (Å²) in [7, 11) is 0. The summed E-state index contributed by atoms with van der Waals surface area (Å²) in [5.74, 6) is 0.974. The van der Waals surface area contributed by atoms with Gasteiger partial charge in [0.15, 0.2) is 0 Å². The molecular formula is C14H13N5. The van der Waals surface area contributed by atoms with E-state index in [9.17, 15) is 0 Å². The van der Waals surface area contributed by atoms with E-state index < -0.39 is 0 Å². The van der Waals surface area contributed by atoms with Gasteiger partial charge in [0, 0.05) is 24.3 Å². The Morgan fingerprint density at radius 1 is 1.00 bits per heavy atom. The molecule has 0 aliphatic rings. The summed E-state index contributed by atoms with van der Waals surface area (Å²) < 4.78 is 0. The summed E-state index contributed by atoms with van der Waals surface area (Å²) in [6.07, 6.45) is 3.43. The molecule has 0 radical (unpaired) electrons. The van der Waals surface area contributed by atoms with Crippen LogP contribution in [0.4, 0.5) is 11.8 Å². The first-order valence-corrected chi connectivity index (χ1v) is 5.98. The average Bonchev–Trinajstić information content (AvgIpc) is 2.45. The molecule has 2 heterocycles. The van der Waals surface area contributed by atoms with Gasteiger partial charge < -0.3 is 11.1 Å². The third kappa shape index (κ3) is 2.44. The summed E-state index contributed by atoms with van der Waals surface area (Å²) in [6, 6.07) is 11.7. The number of nitrogens with one attached hydrogen (secondary N) is 1. The van der Waals surface area contributed by atoms with Gasteiger partial charge in [-0.25, -0.2) is 4.98 Å². The Balaban J connectivity index is 1.86. The number of fused-ring (bicyclic) bond motifs is 1. The molecule has 0 aliphatic carbocycles. The van der Waals surface area contributed by atoms with E-state index in [0.29, 0.717) is 18.3 Å². The molecule has 5 heteroatoms. The van der Waals surface area contributed by atoms with Gasteiger partial charge in [-0.1, -0.05) is 24.3 Å². The second-order valence-electron chi connectivity index (χ2n) is 4.15. The summed E-state index contributed by atoms with van der Waals surface area (Å²) in [5, 5.41) is 4.27. The zero-order valence-electron chi connectivity index (χ0n) is 10.2. The van der Waals surface area contributed by atoms with E-state index in [4.69, 9.17) is 5.73 Å². The van der Waals surface area contributed by atoms with Crippen LogP contribution in [0.25, 0.3) is 10.9 Å². The number of rotatable bonds is 3. The lowest BCUT2D eigenvalue weighted by atomic mass is 10.1. The van der Waals surface area contributed by atoms with Crippen LogP contribution in [0.1, 0.15) is 5.56 Å². The highest BCUT2D eigenvalue weighted by Crippen LogP contribution is 2.16. The largest absolute Gasteiger partial charge is 0.384 e. The molecule has 3 rings (SSSR count). The molecular weight excluding hydrogens is 238 g/mol. The minimum absolute atomic E-state index is 0.452. The summed E-state index contributed by atoms with van der Waals surface area (Å²) >= 11 is 0. The molecule has 0 aliphatic heterocycles. The minimum Gasteiger partial charge on any atom is -0.384 e. The molecule has 2 aromatic heterocycles. The van der Waals surface area contributed by atoms with E-state index in [1.165, 1.54) is 0 Å². The smallest absolute Gasteiger partial charge is 0.224 e. The molecule has 0 spiro atoms. The molecule has 5 nitrogen and oxygen atoms in total. The van der Waals surface area contributed by atoms with Crippen LogP contribution >= 0.6 is 0 Å². The van der Waals surface area contributed by atoms with Crippen molar-refractivity contribution in [1.82, 2.24) is 15.0 Å².